The lowest BCUT2D eigenvalue weighted by molar-refractivity contribution is -0.145. The smallest absolute Gasteiger partial charge is 0.306 e. The van der Waals surface area contributed by atoms with Gasteiger partial charge in [-0.15, -0.1) is 0 Å². The molecule has 3 aromatic carbocycles. The number of halogens is 1. The number of aryl methyl sites for hydroxylation is 1. The number of benzene rings is 3. The summed E-state index contributed by atoms with van der Waals surface area (Å²) in [5, 5.41) is 0. The van der Waals surface area contributed by atoms with Crippen LogP contribution in [-0.4, -0.2) is 13.1 Å². The second-order valence-electron chi connectivity index (χ2n) is 7.23. The van der Waals surface area contributed by atoms with E-state index in [0.717, 1.165) is 16.9 Å². The van der Waals surface area contributed by atoms with Crippen molar-refractivity contribution in [2.24, 2.45) is 0 Å². The molecule has 1 aliphatic heterocycles. The molecular formula is C25H23FO5. The molecular weight excluding hydrogens is 399 g/mol. The number of carbonyl (C=O) groups is 1. The van der Waals surface area contributed by atoms with Gasteiger partial charge in [0, 0.05) is 23.1 Å². The highest BCUT2D eigenvalue weighted by Gasteiger charge is 2.25. The van der Waals surface area contributed by atoms with Gasteiger partial charge in [0.1, 0.15) is 23.9 Å². The molecule has 1 unspecified atom stereocenters. The zero-order valence-corrected chi connectivity index (χ0v) is 17.2. The fraction of sp³-hybridized carbons (Fsp3) is 0.240. The second kappa shape index (κ2) is 9.62. The van der Waals surface area contributed by atoms with Crippen LogP contribution in [-0.2, 0) is 33.9 Å². The van der Waals surface area contributed by atoms with Gasteiger partial charge in [-0.3, -0.25) is 4.79 Å². The van der Waals surface area contributed by atoms with Gasteiger partial charge in [0.25, 0.3) is 0 Å². The third-order valence-corrected chi connectivity index (χ3v) is 5.06. The highest BCUT2D eigenvalue weighted by Crippen LogP contribution is 2.36. The Balaban J connectivity index is 1.39. The number of ether oxygens (including phenoxy) is 4. The quantitative estimate of drug-likeness (QED) is 0.495. The van der Waals surface area contributed by atoms with Crippen molar-refractivity contribution in [1.29, 1.82) is 0 Å². The van der Waals surface area contributed by atoms with Crippen LogP contribution in [0.2, 0.25) is 0 Å². The monoisotopic (exact) mass is 422 g/mol. The Morgan fingerprint density at radius 3 is 2.61 bits per heavy atom. The van der Waals surface area contributed by atoms with Crippen LogP contribution in [0.15, 0.2) is 66.7 Å². The van der Waals surface area contributed by atoms with Crippen LogP contribution in [0.4, 0.5) is 4.39 Å². The minimum atomic E-state index is -0.594. The van der Waals surface area contributed by atoms with Crippen molar-refractivity contribution in [1.82, 2.24) is 0 Å². The maximum Gasteiger partial charge on any atom is 0.306 e. The molecule has 0 spiro atoms. The lowest BCUT2D eigenvalue weighted by atomic mass is 10.1. The fourth-order valence-corrected chi connectivity index (χ4v) is 3.43. The van der Waals surface area contributed by atoms with Gasteiger partial charge in [0.05, 0.1) is 13.7 Å². The van der Waals surface area contributed by atoms with Crippen molar-refractivity contribution in [2.75, 3.05) is 7.11 Å². The molecule has 0 N–H and O–H groups in total. The van der Waals surface area contributed by atoms with E-state index in [9.17, 15) is 9.18 Å². The van der Waals surface area contributed by atoms with Gasteiger partial charge in [-0.05, 0) is 36.2 Å². The second-order valence-corrected chi connectivity index (χ2v) is 7.23. The van der Waals surface area contributed by atoms with Crippen LogP contribution in [0.1, 0.15) is 35.0 Å². The third kappa shape index (κ3) is 5.22. The minimum absolute atomic E-state index is 0.0664. The van der Waals surface area contributed by atoms with E-state index in [4.69, 9.17) is 18.9 Å². The van der Waals surface area contributed by atoms with Crippen molar-refractivity contribution < 1.29 is 28.1 Å². The van der Waals surface area contributed by atoms with Gasteiger partial charge in [0.15, 0.2) is 0 Å². The maximum absolute atomic E-state index is 14.1. The Morgan fingerprint density at radius 1 is 1.10 bits per heavy atom. The highest BCUT2D eigenvalue weighted by molar-refractivity contribution is 5.69. The first kappa shape index (κ1) is 20.9. The summed E-state index contributed by atoms with van der Waals surface area (Å²) >= 11 is 0. The first-order valence-corrected chi connectivity index (χ1v) is 10.1. The minimum Gasteiger partial charge on any atom is -0.497 e. The van der Waals surface area contributed by atoms with Crippen LogP contribution in [0, 0.1) is 5.82 Å². The van der Waals surface area contributed by atoms with Crippen LogP contribution >= 0.6 is 0 Å². The predicted octanol–water partition coefficient (Wildman–Crippen LogP) is 5.12. The first-order valence-electron chi connectivity index (χ1n) is 10.1. The Labute approximate surface area is 180 Å². The SMILES string of the molecule is COc1ccc(CCC(=O)OCc2cc(F)cc3c2OC(c2ccccc2)OC3)cc1. The van der Waals surface area contributed by atoms with E-state index >= 15 is 0 Å². The summed E-state index contributed by atoms with van der Waals surface area (Å²) in [6.07, 6.45) is 0.175. The topological polar surface area (TPSA) is 54.0 Å². The molecule has 1 heterocycles. The standard InChI is InChI=1S/C25H23FO5/c1-28-22-10-7-17(8-11-22)9-12-23(27)29-15-19-13-21(26)14-20-16-30-25(31-24(19)20)18-5-3-2-4-6-18/h2-8,10-11,13-14,25H,9,12,15-16H2,1H3. The lowest BCUT2D eigenvalue weighted by Crippen LogP contribution is -2.20. The van der Waals surface area contributed by atoms with Gasteiger partial charge in [0.2, 0.25) is 6.29 Å². The molecule has 5 nitrogen and oxygen atoms in total. The molecule has 0 bridgehead atoms. The van der Waals surface area contributed by atoms with Crippen molar-refractivity contribution >= 4 is 5.97 Å². The predicted molar refractivity (Wildman–Crippen MR) is 112 cm³/mol. The van der Waals surface area contributed by atoms with E-state index in [1.165, 1.54) is 12.1 Å². The largest absolute Gasteiger partial charge is 0.497 e. The van der Waals surface area contributed by atoms with Gasteiger partial charge >= 0.3 is 5.97 Å². The number of carbonyl (C=O) groups excluding carboxylic acids is 1. The maximum atomic E-state index is 14.1. The van der Waals surface area contributed by atoms with Crippen LogP contribution in [0.25, 0.3) is 0 Å². The highest BCUT2D eigenvalue weighted by atomic mass is 19.1. The zero-order chi connectivity index (χ0) is 21.6. The average Bonchev–Trinajstić information content (AvgIpc) is 2.81. The molecule has 0 amide bonds. The Bertz CT molecular complexity index is 1030. The summed E-state index contributed by atoms with van der Waals surface area (Å²) in [7, 11) is 1.61. The Hall–Kier alpha value is -3.38. The molecule has 0 saturated carbocycles. The van der Waals surface area contributed by atoms with Gasteiger partial charge in [-0.1, -0.05) is 42.5 Å². The van der Waals surface area contributed by atoms with E-state index in [1.54, 1.807) is 7.11 Å². The summed E-state index contributed by atoms with van der Waals surface area (Å²) in [4.78, 5) is 12.2. The number of rotatable bonds is 7. The summed E-state index contributed by atoms with van der Waals surface area (Å²) in [5.74, 6) is 0.485. The Kier molecular flexibility index (Phi) is 6.48. The van der Waals surface area contributed by atoms with E-state index in [2.05, 4.69) is 0 Å². The van der Waals surface area contributed by atoms with Crippen LogP contribution < -0.4 is 9.47 Å². The molecule has 0 radical (unpaired) electrons. The lowest BCUT2D eigenvalue weighted by Gasteiger charge is -2.28. The van der Waals surface area contributed by atoms with Crippen molar-refractivity contribution in [2.45, 2.75) is 32.3 Å². The van der Waals surface area contributed by atoms with Crippen LogP contribution in [0.3, 0.4) is 0 Å². The van der Waals surface area contributed by atoms with Gasteiger partial charge in [-0.25, -0.2) is 4.39 Å². The molecule has 0 fully saturated rings. The number of hydrogen-bond donors (Lipinski definition) is 0. The number of hydrogen-bond acceptors (Lipinski definition) is 5. The summed E-state index contributed by atoms with van der Waals surface area (Å²) in [6.45, 7) is 0.147. The fourth-order valence-electron chi connectivity index (χ4n) is 3.43. The van der Waals surface area contributed by atoms with E-state index < -0.39 is 12.1 Å². The van der Waals surface area contributed by atoms with Crippen LogP contribution in [0.5, 0.6) is 11.5 Å². The van der Waals surface area contributed by atoms with E-state index in [-0.39, 0.29) is 25.6 Å². The molecule has 1 aliphatic rings. The van der Waals surface area contributed by atoms with Gasteiger partial charge < -0.3 is 18.9 Å². The summed E-state index contributed by atoms with van der Waals surface area (Å²) in [5.41, 5.74) is 2.94. The Morgan fingerprint density at radius 2 is 1.87 bits per heavy atom. The molecule has 31 heavy (non-hydrogen) atoms. The summed E-state index contributed by atoms with van der Waals surface area (Å²) in [6, 6.07) is 19.7. The molecule has 4 rings (SSSR count). The summed E-state index contributed by atoms with van der Waals surface area (Å²) < 4.78 is 36.3. The first-order chi connectivity index (χ1) is 15.1. The number of fused-ring (bicyclic) bond motifs is 1. The molecule has 0 aliphatic carbocycles. The van der Waals surface area contributed by atoms with E-state index in [1.807, 2.05) is 54.6 Å². The molecule has 0 aromatic heterocycles. The van der Waals surface area contributed by atoms with Crippen molar-refractivity contribution in [3.8, 4) is 11.5 Å². The van der Waals surface area contributed by atoms with Crippen molar-refractivity contribution in [3.63, 3.8) is 0 Å². The molecule has 1 atom stereocenters. The normalized spacial score (nSPS) is 15.0. The number of esters is 1. The number of methoxy groups -OCH3 is 1. The zero-order valence-electron chi connectivity index (χ0n) is 17.2. The molecule has 6 heteroatoms. The van der Waals surface area contributed by atoms with Gasteiger partial charge in [-0.2, -0.15) is 0 Å². The molecule has 0 saturated heterocycles. The molecule has 160 valence electrons. The molecule has 3 aromatic rings. The van der Waals surface area contributed by atoms with E-state index in [0.29, 0.717) is 23.3 Å². The average molecular weight is 422 g/mol. The third-order valence-electron chi connectivity index (χ3n) is 5.06. The van der Waals surface area contributed by atoms with Crippen molar-refractivity contribution in [3.05, 3.63) is 94.8 Å².